The predicted molar refractivity (Wildman–Crippen MR) is 52.2 cm³/mol. The molecule has 0 fully saturated rings. The molecular weight excluding hydrogens is 150 g/mol. The number of rotatable bonds is 5. The van der Waals surface area contributed by atoms with Gasteiger partial charge in [-0.15, -0.1) is 0 Å². The fourth-order valence-electron chi connectivity index (χ4n) is 1.34. The van der Waals surface area contributed by atoms with Gasteiger partial charge in [0.25, 0.3) is 0 Å². The number of hydrogen-bond acceptors (Lipinski definition) is 2. The van der Waals surface area contributed by atoms with Crippen molar-refractivity contribution in [2.24, 2.45) is 5.92 Å². The van der Waals surface area contributed by atoms with Gasteiger partial charge in [-0.05, 0) is 20.0 Å². The molecule has 12 heavy (non-hydrogen) atoms. The van der Waals surface area contributed by atoms with E-state index in [2.05, 4.69) is 18.7 Å². The van der Waals surface area contributed by atoms with E-state index < -0.39 is 0 Å². The Morgan fingerprint density at radius 1 is 1.33 bits per heavy atom. The minimum Gasteiger partial charge on any atom is -0.298 e. The van der Waals surface area contributed by atoms with Crippen LogP contribution in [-0.4, -0.2) is 30.3 Å². The molecule has 0 radical (unpaired) electrons. The van der Waals surface area contributed by atoms with Gasteiger partial charge in [-0.25, -0.2) is 0 Å². The van der Waals surface area contributed by atoms with Crippen molar-refractivity contribution < 1.29 is 4.79 Å². The Hall–Kier alpha value is -0.370. The molecule has 1 atom stereocenters. The summed E-state index contributed by atoms with van der Waals surface area (Å²) in [7, 11) is 2.01. The van der Waals surface area contributed by atoms with Crippen LogP contribution in [0.1, 0.15) is 34.1 Å². The van der Waals surface area contributed by atoms with Crippen molar-refractivity contribution in [3.8, 4) is 0 Å². The molecule has 0 rings (SSSR count). The van der Waals surface area contributed by atoms with E-state index in [0.29, 0.717) is 5.78 Å². The Bertz CT molecular complexity index is 143. The highest BCUT2D eigenvalue weighted by atomic mass is 16.1. The first-order valence-corrected chi connectivity index (χ1v) is 4.78. The van der Waals surface area contributed by atoms with Gasteiger partial charge in [0, 0.05) is 5.92 Å². The summed E-state index contributed by atoms with van der Waals surface area (Å²) < 4.78 is 0. The zero-order valence-corrected chi connectivity index (χ0v) is 8.92. The second-order valence-corrected chi connectivity index (χ2v) is 3.55. The van der Waals surface area contributed by atoms with Crippen LogP contribution in [-0.2, 0) is 4.79 Å². The highest BCUT2D eigenvalue weighted by molar-refractivity contribution is 5.85. The summed E-state index contributed by atoms with van der Waals surface area (Å²) >= 11 is 0. The third kappa shape index (κ3) is 2.94. The van der Waals surface area contributed by atoms with Gasteiger partial charge < -0.3 is 0 Å². The van der Waals surface area contributed by atoms with Crippen LogP contribution >= 0.6 is 0 Å². The Kier molecular flexibility index (Phi) is 5.14. The Labute approximate surface area is 75.9 Å². The van der Waals surface area contributed by atoms with Gasteiger partial charge in [0.15, 0.2) is 5.78 Å². The highest BCUT2D eigenvalue weighted by Gasteiger charge is 2.21. The lowest BCUT2D eigenvalue weighted by Gasteiger charge is -2.25. The van der Waals surface area contributed by atoms with Crippen LogP contribution in [0.25, 0.3) is 0 Å². The molecule has 0 aromatic rings. The predicted octanol–water partition coefficient (Wildman–Crippen LogP) is 1.94. The molecule has 0 saturated heterocycles. The lowest BCUT2D eigenvalue weighted by Crippen LogP contribution is -2.39. The molecule has 2 nitrogen and oxygen atoms in total. The van der Waals surface area contributed by atoms with Gasteiger partial charge in [0.2, 0.25) is 0 Å². The van der Waals surface area contributed by atoms with Crippen molar-refractivity contribution in [2.75, 3.05) is 13.6 Å². The van der Waals surface area contributed by atoms with E-state index in [1.165, 1.54) is 0 Å². The molecule has 0 amide bonds. The number of hydrogen-bond donors (Lipinski definition) is 0. The van der Waals surface area contributed by atoms with Gasteiger partial charge in [-0.2, -0.15) is 0 Å². The molecule has 0 heterocycles. The van der Waals surface area contributed by atoms with Gasteiger partial charge in [0.05, 0.1) is 6.04 Å². The van der Waals surface area contributed by atoms with Crippen LogP contribution in [0.4, 0.5) is 0 Å². The first-order chi connectivity index (χ1) is 5.54. The van der Waals surface area contributed by atoms with E-state index >= 15 is 0 Å². The summed E-state index contributed by atoms with van der Waals surface area (Å²) in [5.41, 5.74) is 0. The monoisotopic (exact) mass is 171 g/mol. The Morgan fingerprint density at radius 2 is 1.83 bits per heavy atom. The van der Waals surface area contributed by atoms with Crippen LogP contribution < -0.4 is 0 Å². The number of carbonyl (C=O) groups excluding carboxylic acids is 1. The molecule has 0 N–H and O–H groups in total. The molecule has 0 aliphatic carbocycles. The van der Waals surface area contributed by atoms with Gasteiger partial charge >= 0.3 is 0 Å². The van der Waals surface area contributed by atoms with Crippen LogP contribution in [0, 0.1) is 5.92 Å². The molecule has 72 valence electrons. The number of carbonyl (C=O) groups is 1. The molecule has 1 unspecified atom stereocenters. The van der Waals surface area contributed by atoms with Crippen molar-refractivity contribution >= 4 is 5.78 Å². The molecule has 0 saturated carbocycles. The largest absolute Gasteiger partial charge is 0.298 e. The Morgan fingerprint density at radius 3 is 2.08 bits per heavy atom. The van der Waals surface area contributed by atoms with E-state index in [-0.39, 0.29) is 12.0 Å². The number of nitrogens with zero attached hydrogens (tertiary/aromatic N) is 1. The zero-order valence-electron chi connectivity index (χ0n) is 8.92. The maximum atomic E-state index is 11.6. The molecule has 0 aromatic heterocycles. The standard InChI is InChI=1S/C10H21NO/c1-6-9(11(5)7-2)10(12)8(3)4/h8-9H,6-7H2,1-5H3. The van der Waals surface area contributed by atoms with E-state index in [9.17, 15) is 4.79 Å². The molecule has 2 heteroatoms. The summed E-state index contributed by atoms with van der Waals surface area (Å²) in [6.07, 6.45) is 0.918. The lowest BCUT2D eigenvalue weighted by molar-refractivity contribution is -0.126. The normalized spacial score (nSPS) is 13.9. The molecule has 0 bridgehead atoms. The summed E-state index contributed by atoms with van der Waals surface area (Å²) in [5, 5.41) is 0. The van der Waals surface area contributed by atoms with Crippen molar-refractivity contribution in [1.82, 2.24) is 4.90 Å². The van der Waals surface area contributed by atoms with Crippen molar-refractivity contribution in [3.63, 3.8) is 0 Å². The second-order valence-electron chi connectivity index (χ2n) is 3.55. The lowest BCUT2D eigenvalue weighted by atomic mass is 9.99. The van der Waals surface area contributed by atoms with Crippen LogP contribution in [0.3, 0.4) is 0 Å². The summed E-state index contributed by atoms with van der Waals surface area (Å²) in [6, 6.07) is 0.120. The van der Waals surface area contributed by atoms with Crippen molar-refractivity contribution in [2.45, 2.75) is 40.2 Å². The summed E-state index contributed by atoms with van der Waals surface area (Å²) in [4.78, 5) is 13.7. The average molecular weight is 171 g/mol. The molecule has 0 aliphatic heterocycles. The fourth-order valence-corrected chi connectivity index (χ4v) is 1.34. The van der Waals surface area contributed by atoms with Gasteiger partial charge in [0.1, 0.15) is 0 Å². The van der Waals surface area contributed by atoms with Crippen molar-refractivity contribution in [1.29, 1.82) is 0 Å². The van der Waals surface area contributed by atoms with Crippen LogP contribution in [0.2, 0.25) is 0 Å². The highest BCUT2D eigenvalue weighted by Crippen LogP contribution is 2.08. The number of likely N-dealkylation sites (N-methyl/N-ethyl adjacent to an activating group) is 1. The van der Waals surface area contributed by atoms with Crippen molar-refractivity contribution in [3.05, 3.63) is 0 Å². The number of Topliss-reactive ketones (excluding diaryl/α,β-unsaturated/α-hetero) is 1. The van der Waals surface area contributed by atoms with E-state index in [1.807, 2.05) is 20.9 Å². The minimum absolute atomic E-state index is 0.120. The first-order valence-electron chi connectivity index (χ1n) is 4.78. The topological polar surface area (TPSA) is 20.3 Å². The zero-order chi connectivity index (χ0) is 9.72. The summed E-state index contributed by atoms with van der Waals surface area (Å²) in [6.45, 7) is 9.02. The smallest absolute Gasteiger partial charge is 0.152 e. The van der Waals surface area contributed by atoms with Crippen LogP contribution in [0.5, 0.6) is 0 Å². The maximum Gasteiger partial charge on any atom is 0.152 e. The van der Waals surface area contributed by atoms with Gasteiger partial charge in [-0.3, -0.25) is 9.69 Å². The van der Waals surface area contributed by atoms with Crippen LogP contribution in [0.15, 0.2) is 0 Å². The first kappa shape index (κ1) is 11.6. The quantitative estimate of drug-likeness (QED) is 0.630. The third-order valence-electron chi connectivity index (χ3n) is 2.32. The average Bonchev–Trinajstić information content (AvgIpc) is 2.05. The van der Waals surface area contributed by atoms with E-state index in [1.54, 1.807) is 0 Å². The maximum absolute atomic E-state index is 11.6. The Balaban J connectivity index is 4.24. The SMILES string of the molecule is CCC(C(=O)C(C)C)N(C)CC. The minimum atomic E-state index is 0.120. The number of ketones is 1. The second kappa shape index (κ2) is 5.31. The summed E-state index contributed by atoms with van der Waals surface area (Å²) in [5.74, 6) is 0.519. The van der Waals surface area contributed by atoms with E-state index in [0.717, 1.165) is 13.0 Å². The van der Waals surface area contributed by atoms with Gasteiger partial charge in [-0.1, -0.05) is 27.7 Å². The molecule has 0 spiro atoms. The molecular formula is C10H21NO. The molecule has 0 aliphatic rings. The van der Waals surface area contributed by atoms with E-state index in [4.69, 9.17) is 0 Å². The third-order valence-corrected chi connectivity index (χ3v) is 2.32. The fraction of sp³-hybridized carbons (Fsp3) is 0.900. The molecule has 0 aromatic carbocycles.